The number of nitrogens with one attached hydrogen (secondary N) is 1. The number of ether oxygens (including phenoxy) is 1. The molecule has 1 amide bonds. The van der Waals surface area contributed by atoms with Crippen LogP contribution in [0.15, 0.2) is 40.9 Å². The Bertz CT molecular complexity index is 1120. The number of carbonyl (C=O) groups excluding carboxylic acids is 1. The van der Waals surface area contributed by atoms with E-state index in [1.807, 2.05) is 48.2 Å². The first-order valence-corrected chi connectivity index (χ1v) is 11.7. The van der Waals surface area contributed by atoms with E-state index >= 15 is 0 Å². The minimum absolute atomic E-state index is 0.123. The Kier molecular flexibility index (Phi) is 6.12. The molecule has 0 spiro atoms. The number of hydrogen-bond donors (Lipinski definition) is 1. The van der Waals surface area contributed by atoms with Gasteiger partial charge in [-0.25, -0.2) is 4.98 Å². The van der Waals surface area contributed by atoms with Gasteiger partial charge in [0.25, 0.3) is 0 Å². The van der Waals surface area contributed by atoms with Crippen molar-refractivity contribution in [3.05, 3.63) is 46.4 Å². The summed E-state index contributed by atoms with van der Waals surface area (Å²) < 4.78 is 8.42. The highest BCUT2D eigenvalue weighted by atomic mass is 32.2. The van der Waals surface area contributed by atoms with E-state index in [2.05, 4.69) is 26.6 Å². The van der Waals surface area contributed by atoms with Crippen LogP contribution in [0.5, 0.6) is 5.75 Å². The first-order valence-electron chi connectivity index (χ1n) is 8.99. The lowest BCUT2D eigenvalue weighted by atomic mass is 10.3. The largest absolute Gasteiger partial charge is 0.494 e. The molecule has 3 heterocycles. The molecule has 0 aliphatic rings. The highest BCUT2D eigenvalue weighted by Gasteiger charge is 2.14. The topological polar surface area (TPSA) is 81.9 Å². The molecule has 1 aromatic carbocycles. The number of thioether (sulfide) groups is 1. The third-order valence-corrected chi connectivity index (χ3v) is 6.92. The van der Waals surface area contributed by atoms with Crippen molar-refractivity contribution in [2.45, 2.75) is 18.5 Å². The van der Waals surface area contributed by atoms with Gasteiger partial charge in [-0.1, -0.05) is 29.2 Å². The van der Waals surface area contributed by atoms with Gasteiger partial charge in [-0.2, -0.15) is 0 Å². The molecule has 0 saturated carbocycles. The average Bonchev–Trinajstić information content (AvgIpc) is 3.42. The van der Waals surface area contributed by atoms with Gasteiger partial charge in [0.2, 0.25) is 5.91 Å². The van der Waals surface area contributed by atoms with Gasteiger partial charge in [-0.05, 0) is 36.6 Å². The molecule has 10 heteroatoms. The van der Waals surface area contributed by atoms with Gasteiger partial charge in [0.1, 0.15) is 11.6 Å². The van der Waals surface area contributed by atoms with Crippen LogP contribution in [0.1, 0.15) is 17.6 Å². The highest BCUT2D eigenvalue weighted by molar-refractivity contribution is 7.99. The van der Waals surface area contributed by atoms with Gasteiger partial charge in [0.05, 0.1) is 22.6 Å². The quantitative estimate of drug-likeness (QED) is 0.409. The van der Waals surface area contributed by atoms with Crippen molar-refractivity contribution in [3.63, 3.8) is 0 Å². The van der Waals surface area contributed by atoms with Crippen molar-refractivity contribution in [1.82, 2.24) is 19.7 Å². The van der Waals surface area contributed by atoms with Crippen LogP contribution in [0.2, 0.25) is 0 Å². The predicted octanol–water partition coefficient (Wildman–Crippen LogP) is 4.21. The summed E-state index contributed by atoms with van der Waals surface area (Å²) in [7, 11) is 1.92. The number of fused-ring (bicyclic) bond motifs is 1. The summed E-state index contributed by atoms with van der Waals surface area (Å²) in [6, 6.07) is 9.82. The summed E-state index contributed by atoms with van der Waals surface area (Å²) in [5.74, 6) is 1.80. The summed E-state index contributed by atoms with van der Waals surface area (Å²) in [5, 5.41) is 14.7. The number of thiazole rings is 1. The molecule has 29 heavy (non-hydrogen) atoms. The van der Waals surface area contributed by atoms with Crippen molar-refractivity contribution in [2.24, 2.45) is 7.05 Å². The van der Waals surface area contributed by atoms with Crippen molar-refractivity contribution in [3.8, 4) is 5.75 Å². The van der Waals surface area contributed by atoms with E-state index < -0.39 is 0 Å². The fourth-order valence-corrected chi connectivity index (χ4v) is 5.04. The molecule has 4 rings (SSSR count). The molecule has 1 N–H and O–H groups in total. The molecule has 0 aliphatic heterocycles. The summed E-state index contributed by atoms with van der Waals surface area (Å²) in [6.07, 6.45) is 0.739. The molecule has 0 aliphatic carbocycles. The van der Waals surface area contributed by atoms with Crippen molar-refractivity contribution in [1.29, 1.82) is 0 Å². The van der Waals surface area contributed by atoms with Crippen LogP contribution >= 0.6 is 34.4 Å². The zero-order chi connectivity index (χ0) is 20.2. The van der Waals surface area contributed by atoms with Crippen LogP contribution in [0.4, 0.5) is 5.13 Å². The lowest BCUT2D eigenvalue weighted by Gasteiger charge is -2.03. The minimum atomic E-state index is -0.123. The van der Waals surface area contributed by atoms with Crippen LogP contribution in [0, 0.1) is 0 Å². The summed E-state index contributed by atoms with van der Waals surface area (Å²) in [5.41, 5.74) is 0.841. The molecular formula is C19H19N5O2S3. The number of thiophene rings is 1. The van der Waals surface area contributed by atoms with Gasteiger partial charge >= 0.3 is 0 Å². The Balaban J connectivity index is 1.35. The van der Waals surface area contributed by atoms with Crippen LogP contribution in [0.25, 0.3) is 10.2 Å². The predicted molar refractivity (Wildman–Crippen MR) is 118 cm³/mol. The monoisotopic (exact) mass is 445 g/mol. The summed E-state index contributed by atoms with van der Waals surface area (Å²) in [4.78, 5) is 18.1. The maximum atomic E-state index is 12.4. The molecule has 0 saturated heterocycles. The van der Waals surface area contributed by atoms with Crippen molar-refractivity contribution >= 4 is 55.7 Å². The number of benzene rings is 1. The molecule has 0 unspecified atom stereocenters. The molecular weight excluding hydrogens is 426 g/mol. The molecule has 7 nitrogen and oxygen atoms in total. The molecule has 150 valence electrons. The van der Waals surface area contributed by atoms with Gasteiger partial charge in [-0.3, -0.25) is 4.79 Å². The minimum Gasteiger partial charge on any atom is -0.494 e. The highest BCUT2D eigenvalue weighted by Crippen LogP contribution is 2.29. The third kappa shape index (κ3) is 4.77. The number of amides is 1. The van der Waals surface area contributed by atoms with E-state index in [0.717, 1.165) is 33.4 Å². The van der Waals surface area contributed by atoms with Crippen LogP contribution in [-0.2, 0) is 18.3 Å². The Morgan fingerprint density at radius 2 is 2.21 bits per heavy atom. The first-order chi connectivity index (χ1) is 14.1. The molecule has 0 fully saturated rings. The van der Waals surface area contributed by atoms with E-state index in [1.165, 1.54) is 28.0 Å². The number of aromatic nitrogens is 4. The summed E-state index contributed by atoms with van der Waals surface area (Å²) in [6.45, 7) is 2.56. The van der Waals surface area contributed by atoms with Crippen LogP contribution in [0.3, 0.4) is 0 Å². The van der Waals surface area contributed by atoms with Gasteiger partial charge in [-0.15, -0.1) is 21.5 Å². The Morgan fingerprint density at radius 1 is 1.31 bits per heavy atom. The lowest BCUT2D eigenvalue weighted by molar-refractivity contribution is -0.113. The van der Waals surface area contributed by atoms with Crippen LogP contribution in [-0.4, -0.2) is 38.0 Å². The van der Waals surface area contributed by atoms with E-state index in [4.69, 9.17) is 4.74 Å². The standard InChI is InChI=1S/C19H19N5O2S3/c1-3-26-12-6-7-14-15(9-12)29-18(20-14)21-17(25)11-28-19-23-22-16(24(19)2)10-13-5-4-8-27-13/h4-9H,3,10-11H2,1-2H3,(H,20,21,25). The third-order valence-electron chi connectivity index (χ3n) is 4.09. The number of hydrogen-bond acceptors (Lipinski definition) is 8. The molecule has 4 aromatic rings. The second-order valence-corrected chi connectivity index (χ2v) is 9.14. The van der Waals surface area contributed by atoms with E-state index in [0.29, 0.717) is 11.7 Å². The molecule has 0 bridgehead atoms. The fourth-order valence-electron chi connectivity index (χ4n) is 2.69. The van der Waals surface area contributed by atoms with Crippen LogP contribution < -0.4 is 10.1 Å². The Labute approximate surface area is 180 Å². The zero-order valence-electron chi connectivity index (χ0n) is 15.9. The zero-order valence-corrected chi connectivity index (χ0v) is 18.4. The second kappa shape index (κ2) is 8.93. The number of carbonyl (C=O) groups is 1. The number of anilines is 1. The normalized spacial score (nSPS) is 11.1. The maximum absolute atomic E-state index is 12.4. The second-order valence-electron chi connectivity index (χ2n) is 6.13. The van der Waals surface area contributed by atoms with E-state index in [-0.39, 0.29) is 11.7 Å². The van der Waals surface area contributed by atoms with E-state index in [1.54, 1.807) is 11.3 Å². The Hall–Kier alpha value is -2.43. The van der Waals surface area contributed by atoms with Crippen molar-refractivity contribution < 1.29 is 9.53 Å². The maximum Gasteiger partial charge on any atom is 0.236 e. The summed E-state index contributed by atoms with van der Waals surface area (Å²) >= 11 is 4.49. The van der Waals surface area contributed by atoms with Gasteiger partial charge in [0, 0.05) is 18.3 Å². The van der Waals surface area contributed by atoms with Gasteiger partial charge < -0.3 is 14.6 Å². The Morgan fingerprint density at radius 3 is 3.00 bits per heavy atom. The molecule has 3 aromatic heterocycles. The SMILES string of the molecule is CCOc1ccc2nc(NC(=O)CSc3nnc(Cc4cccs4)n3C)sc2c1. The smallest absolute Gasteiger partial charge is 0.236 e. The molecule has 0 radical (unpaired) electrons. The fraction of sp³-hybridized carbons (Fsp3) is 0.263. The molecule has 0 atom stereocenters. The first kappa shape index (κ1) is 19.9. The average molecular weight is 446 g/mol. The van der Waals surface area contributed by atoms with Crippen molar-refractivity contribution in [2.75, 3.05) is 17.7 Å². The number of rotatable bonds is 8. The number of nitrogens with zero attached hydrogens (tertiary/aromatic N) is 4. The van der Waals surface area contributed by atoms with Gasteiger partial charge in [0.15, 0.2) is 10.3 Å². The van der Waals surface area contributed by atoms with E-state index in [9.17, 15) is 4.79 Å². The lowest BCUT2D eigenvalue weighted by Crippen LogP contribution is -2.14.